The van der Waals surface area contributed by atoms with E-state index in [0.717, 1.165) is 65.9 Å². The monoisotopic (exact) mass is 401 g/mol. The third-order valence-corrected chi connectivity index (χ3v) is 5.53. The van der Waals surface area contributed by atoms with Gasteiger partial charge >= 0.3 is 0 Å². The summed E-state index contributed by atoms with van der Waals surface area (Å²) >= 11 is 12.5. The Morgan fingerprint density at radius 2 is 1.56 bits per heavy atom. The summed E-state index contributed by atoms with van der Waals surface area (Å²) < 4.78 is 0. The molecule has 0 unspecified atom stereocenters. The smallest absolute Gasteiger partial charge is 0.192 e. The summed E-state index contributed by atoms with van der Waals surface area (Å²) in [4.78, 5) is 15.7. The summed E-state index contributed by atoms with van der Waals surface area (Å²) in [5.41, 5.74) is 5.54. The molecule has 27 heavy (non-hydrogen) atoms. The Morgan fingerprint density at radius 1 is 0.889 bits per heavy atom. The van der Waals surface area contributed by atoms with Crippen LogP contribution in [0.4, 0.5) is 0 Å². The minimum Gasteiger partial charge on any atom is -0.371 e. The van der Waals surface area contributed by atoms with Crippen molar-refractivity contribution in [1.29, 1.82) is 0 Å². The van der Waals surface area contributed by atoms with Crippen LogP contribution in [0.5, 0.6) is 0 Å². The molecular weight excluding hydrogens is 377 g/mol. The zero-order valence-corrected chi connectivity index (χ0v) is 17.6. The van der Waals surface area contributed by atoms with Crippen LogP contribution < -0.4 is 0 Å². The van der Waals surface area contributed by atoms with Gasteiger partial charge in [-0.3, -0.25) is 4.79 Å². The topological polar surface area (TPSA) is 20.3 Å². The lowest BCUT2D eigenvalue weighted by Gasteiger charge is -2.27. The summed E-state index contributed by atoms with van der Waals surface area (Å²) in [6, 6.07) is 11.5. The maximum atomic E-state index is 13.4. The van der Waals surface area contributed by atoms with Crippen molar-refractivity contribution in [2.24, 2.45) is 0 Å². The Hall–Kier alpha value is -1.77. The van der Waals surface area contributed by atoms with E-state index in [2.05, 4.69) is 31.7 Å². The van der Waals surface area contributed by atoms with E-state index in [-0.39, 0.29) is 5.78 Å². The van der Waals surface area contributed by atoms with Crippen LogP contribution in [0.1, 0.15) is 56.0 Å². The van der Waals surface area contributed by atoms with E-state index < -0.39 is 0 Å². The van der Waals surface area contributed by atoms with Gasteiger partial charge in [-0.2, -0.15) is 0 Å². The number of carbonyl (C=O) groups excluding carboxylic acids is 1. The van der Waals surface area contributed by atoms with Crippen LogP contribution in [0, 0.1) is 0 Å². The zero-order chi connectivity index (χ0) is 19.6. The van der Waals surface area contributed by atoms with Crippen molar-refractivity contribution in [2.45, 2.75) is 40.0 Å². The Morgan fingerprint density at radius 3 is 2.15 bits per heavy atom. The SMILES string of the molecule is CCCN(CCC)C1=C(CC)C(=O)c2c1cccc2-c1ccc(Cl)cc1Cl. The molecule has 0 heterocycles. The fourth-order valence-electron chi connectivity index (χ4n) is 3.91. The maximum Gasteiger partial charge on any atom is 0.192 e. The molecule has 0 saturated carbocycles. The van der Waals surface area contributed by atoms with E-state index in [1.165, 1.54) is 0 Å². The summed E-state index contributed by atoms with van der Waals surface area (Å²) in [7, 11) is 0. The number of rotatable bonds is 7. The number of allylic oxidation sites excluding steroid dienone is 1. The van der Waals surface area contributed by atoms with E-state index in [1.54, 1.807) is 6.07 Å². The number of ketones is 1. The van der Waals surface area contributed by atoms with Crippen molar-refractivity contribution >= 4 is 34.7 Å². The van der Waals surface area contributed by atoms with E-state index in [1.807, 2.05) is 24.3 Å². The second-order valence-corrected chi connectivity index (χ2v) is 7.69. The van der Waals surface area contributed by atoms with E-state index >= 15 is 0 Å². The molecule has 1 aliphatic carbocycles. The van der Waals surface area contributed by atoms with E-state index in [9.17, 15) is 4.79 Å². The molecule has 142 valence electrons. The Bertz CT molecular complexity index is 895. The Kier molecular flexibility index (Phi) is 6.29. The minimum atomic E-state index is 0.126. The Labute approximate surface area is 171 Å². The van der Waals surface area contributed by atoms with E-state index in [4.69, 9.17) is 23.2 Å². The van der Waals surface area contributed by atoms with E-state index in [0.29, 0.717) is 10.0 Å². The van der Waals surface area contributed by atoms with Crippen molar-refractivity contribution < 1.29 is 4.79 Å². The molecule has 4 heteroatoms. The Balaban J connectivity index is 2.19. The van der Waals surface area contributed by atoms with Crippen LogP contribution in [0.2, 0.25) is 10.0 Å². The molecule has 2 aromatic rings. The lowest BCUT2D eigenvalue weighted by Crippen LogP contribution is -2.24. The number of nitrogens with zero attached hydrogens (tertiary/aromatic N) is 1. The molecule has 0 N–H and O–H groups in total. The zero-order valence-electron chi connectivity index (χ0n) is 16.1. The van der Waals surface area contributed by atoms with Crippen molar-refractivity contribution in [3.05, 3.63) is 63.1 Å². The molecule has 0 saturated heterocycles. The molecule has 0 spiro atoms. The van der Waals surface area contributed by atoms with Gasteiger partial charge < -0.3 is 4.90 Å². The average molecular weight is 402 g/mol. The number of Topliss-reactive ketones (excluding diaryl/α,β-unsaturated/α-hetero) is 1. The predicted octanol–water partition coefficient (Wildman–Crippen LogP) is 7.10. The normalized spacial score (nSPS) is 13.3. The molecule has 0 aromatic heterocycles. The van der Waals surface area contributed by atoms with Gasteiger partial charge in [-0.25, -0.2) is 0 Å². The number of halogens is 2. The number of hydrogen-bond acceptors (Lipinski definition) is 2. The van der Waals surface area contributed by atoms with Crippen LogP contribution in [-0.2, 0) is 0 Å². The highest BCUT2D eigenvalue weighted by molar-refractivity contribution is 6.37. The first-order chi connectivity index (χ1) is 13.0. The first-order valence-corrected chi connectivity index (χ1v) is 10.4. The van der Waals surface area contributed by atoms with Crippen LogP contribution in [0.3, 0.4) is 0 Å². The van der Waals surface area contributed by atoms with Gasteiger partial charge in [0.1, 0.15) is 0 Å². The molecule has 0 radical (unpaired) electrons. The predicted molar refractivity (Wildman–Crippen MR) is 116 cm³/mol. The maximum absolute atomic E-state index is 13.4. The van der Waals surface area contributed by atoms with Gasteiger partial charge in [-0.15, -0.1) is 0 Å². The standard InChI is InChI=1S/C23H25Cl2NO/c1-4-12-26(13-5-2)22-16(6-3)23(27)21-18(8-7-9-19(21)22)17-11-10-15(24)14-20(17)25/h7-11,14H,4-6,12-13H2,1-3H3. The van der Waals surface area contributed by atoms with Gasteiger partial charge in [-0.1, -0.05) is 68.2 Å². The third-order valence-electron chi connectivity index (χ3n) is 4.98. The minimum absolute atomic E-state index is 0.126. The number of benzene rings is 2. The van der Waals surface area contributed by atoms with Gasteiger partial charge in [0.05, 0.1) is 5.70 Å². The molecule has 0 aliphatic heterocycles. The first kappa shape index (κ1) is 20.0. The summed E-state index contributed by atoms with van der Waals surface area (Å²) in [6.07, 6.45) is 2.82. The number of fused-ring (bicyclic) bond motifs is 1. The highest BCUT2D eigenvalue weighted by atomic mass is 35.5. The fourth-order valence-corrected chi connectivity index (χ4v) is 4.42. The van der Waals surface area contributed by atoms with Crippen molar-refractivity contribution in [3.8, 4) is 11.1 Å². The molecule has 2 aromatic carbocycles. The van der Waals surface area contributed by atoms with Gasteiger partial charge in [0, 0.05) is 45.4 Å². The highest BCUT2D eigenvalue weighted by Gasteiger charge is 2.33. The van der Waals surface area contributed by atoms with Crippen molar-refractivity contribution in [3.63, 3.8) is 0 Å². The first-order valence-electron chi connectivity index (χ1n) is 9.65. The molecule has 2 nitrogen and oxygen atoms in total. The lowest BCUT2D eigenvalue weighted by atomic mass is 9.94. The third kappa shape index (κ3) is 3.66. The second-order valence-electron chi connectivity index (χ2n) is 6.85. The molecule has 0 atom stereocenters. The summed E-state index contributed by atoms with van der Waals surface area (Å²) in [5, 5.41) is 1.15. The highest BCUT2D eigenvalue weighted by Crippen LogP contribution is 2.43. The molecule has 0 fully saturated rings. The van der Waals surface area contributed by atoms with Crippen LogP contribution in [0.25, 0.3) is 16.8 Å². The second kappa shape index (κ2) is 8.50. The summed E-state index contributed by atoms with van der Waals surface area (Å²) in [5.74, 6) is 0.126. The fraction of sp³-hybridized carbons (Fsp3) is 0.348. The van der Waals surface area contributed by atoms with Gasteiger partial charge in [-0.05, 0) is 37.0 Å². The van der Waals surface area contributed by atoms with Gasteiger partial charge in [0.25, 0.3) is 0 Å². The number of carbonyl (C=O) groups is 1. The summed E-state index contributed by atoms with van der Waals surface area (Å²) in [6.45, 7) is 8.31. The largest absolute Gasteiger partial charge is 0.371 e. The van der Waals surface area contributed by atoms with Crippen LogP contribution in [-0.4, -0.2) is 23.8 Å². The van der Waals surface area contributed by atoms with Crippen LogP contribution in [0.15, 0.2) is 42.0 Å². The molecule has 1 aliphatic rings. The molecule has 3 rings (SSSR count). The molecule has 0 amide bonds. The van der Waals surface area contributed by atoms with Crippen molar-refractivity contribution in [2.75, 3.05) is 13.1 Å². The van der Waals surface area contributed by atoms with Crippen molar-refractivity contribution in [1.82, 2.24) is 4.90 Å². The lowest BCUT2D eigenvalue weighted by molar-refractivity contribution is 0.103. The van der Waals surface area contributed by atoms with Gasteiger partial charge in [0.2, 0.25) is 0 Å². The number of hydrogen-bond donors (Lipinski definition) is 0. The quantitative estimate of drug-likeness (QED) is 0.492. The van der Waals surface area contributed by atoms with Gasteiger partial charge in [0.15, 0.2) is 5.78 Å². The average Bonchev–Trinajstić information content (AvgIpc) is 2.94. The van der Waals surface area contributed by atoms with Crippen LogP contribution >= 0.6 is 23.2 Å². The molecular formula is C23H25Cl2NO. The molecule has 0 bridgehead atoms.